The van der Waals surface area contributed by atoms with Crippen LogP contribution in [0.2, 0.25) is 0 Å². The SMILES string of the molecule is CC(CO)NC(=O)/C=C/c1cccc2ccccc12. The first-order chi connectivity index (χ1) is 9.20. The highest BCUT2D eigenvalue weighted by atomic mass is 16.3. The standard InChI is InChI=1S/C16H17NO2/c1-12(11-18)17-16(19)10-9-14-7-4-6-13-5-2-3-8-15(13)14/h2-10,12,18H,11H2,1H3,(H,17,19)/b10-9+. The lowest BCUT2D eigenvalue weighted by Crippen LogP contribution is -2.33. The quantitative estimate of drug-likeness (QED) is 0.824. The molecule has 0 spiro atoms. The van der Waals surface area contributed by atoms with Crippen molar-refractivity contribution in [2.24, 2.45) is 0 Å². The zero-order chi connectivity index (χ0) is 13.7. The third kappa shape index (κ3) is 3.42. The van der Waals surface area contributed by atoms with Crippen molar-refractivity contribution in [1.29, 1.82) is 0 Å². The molecule has 0 aliphatic carbocycles. The van der Waals surface area contributed by atoms with Crippen molar-refractivity contribution in [3.05, 3.63) is 54.1 Å². The molecule has 1 unspecified atom stereocenters. The van der Waals surface area contributed by atoms with Gasteiger partial charge in [0.05, 0.1) is 6.61 Å². The molecule has 2 aromatic carbocycles. The van der Waals surface area contributed by atoms with Crippen LogP contribution in [-0.2, 0) is 4.79 Å². The van der Waals surface area contributed by atoms with Crippen LogP contribution < -0.4 is 5.32 Å². The van der Waals surface area contributed by atoms with E-state index in [2.05, 4.69) is 5.32 Å². The van der Waals surface area contributed by atoms with Gasteiger partial charge in [-0.05, 0) is 29.3 Å². The molecule has 0 saturated heterocycles. The molecule has 1 amide bonds. The van der Waals surface area contributed by atoms with Gasteiger partial charge in [-0.25, -0.2) is 0 Å². The van der Waals surface area contributed by atoms with Crippen LogP contribution in [0.3, 0.4) is 0 Å². The first-order valence-corrected chi connectivity index (χ1v) is 6.28. The number of nitrogens with one attached hydrogen (secondary N) is 1. The van der Waals surface area contributed by atoms with Crippen molar-refractivity contribution in [2.75, 3.05) is 6.61 Å². The van der Waals surface area contributed by atoms with E-state index in [1.54, 1.807) is 13.0 Å². The average molecular weight is 255 g/mol. The van der Waals surface area contributed by atoms with Crippen molar-refractivity contribution in [3.63, 3.8) is 0 Å². The van der Waals surface area contributed by atoms with E-state index < -0.39 is 0 Å². The second-order valence-corrected chi connectivity index (χ2v) is 4.49. The van der Waals surface area contributed by atoms with E-state index in [1.807, 2.05) is 42.5 Å². The van der Waals surface area contributed by atoms with Crippen LogP contribution in [0.25, 0.3) is 16.8 Å². The minimum absolute atomic E-state index is 0.0617. The molecule has 0 radical (unpaired) electrons. The molecular formula is C16H17NO2. The van der Waals surface area contributed by atoms with Crippen molar-refractivity contribution in [2.45, 2.75) is 13.0 Å². The Labute approximate surface area is 112 Å². The topological polar surface area (TPSA) is 49.3 Å². The second kappa shape index (κ2) is 6.16. The molecule has 0 aliphatic heterocycles. The third-order valence-corrected chi connectivity index (χ3v) is 2.90. The van der Waals surface area contributed by atoms with E-state index >= 15 is 0 Å². The predicted molar refractivity (Wildman–Crippen MR) is 77.7 cm³/mol. The lowest BCUT2D eigenvalue weighted by Gasteiger charge is -2.08. The largest absolute Gasteiger partial charge is 0.394 e. The molecule has 1 atom stereocenters. The van der Waals surface area contributed by atoms with Gasteiger partial charge in [0.25, 0.3) is 0 Å². The van der Waals surface area contributed by atoms with E-state index in [4.69, 9.17) is 5.11 Å². The highest BCUT2D eigenvalue weighted by Crippen LogP contribution is 2.19. The molecule has 2 aromatic rings. The molecule has 0 saturated carbocycles. The van der Waals surface area contributed by atoms with Gasteiger partial charge < -0.3 is 10.4 Å². The number of rotatable bonds is 4. The van der Waals surface area contributed by atoms with Gasteiger partial charge in [0.15, 0.2) is 0 Å². The Bertz CT molecular complexity index is 599. The highest BCUT2D eigenvalue weighted by molar-refractivity contribution is 5.96. The zero-order valence-electron chi connectivity index (χ0n) is 10.8. The minimum atomic E-state index is -0.232. The molecule has 3 heteroatoms. The fraction of sp³-hybridized carbons (Fsp3) is 0.188. The first-order valence-electron chi connectivity index (χ1n) is 6.28. The Morgan fingerprint density at radius 3 is 2.79 bits per heavy atom. The average Bonchev–Trinajstić information content (AvgIpc) is 2.44. The Hall–Kier alpha value is -2.13. The number of benzene rings is 2. The van der Waals surface area contributed by atoms with Crippen LogP contribution in [-0.4, -0.2) is 23.7 Å². The van der Waals surface area contributed by atoms with Crippen molar-refractivity contribution in [3.8, 4) is 0 Å². The van der Waals surface area contributed by atoms with Gasteiger partial charge in [0, 0.05) is 12.1 Å². The van der Waals surface area contributed by atoms with Gasteiger partial charge in [-0.15, -0.1) is 0 Å². The predicted octanol–water partition coefficient (Wildman–Crippen LogP) is 2.35. The second-order valence-electron chi connectivity index (χ2n) is 4.49. The summed E-state index contributed by atoms with van der Waals surface area (Å²) in [7, 11) is 0. The molecule has 0 aromatic heterocycles. The Balaban J connectivity index is 2.19. The number of hydrogen-bond donors (Lipinski definition) is 2. The molecular weight excluding hydrogens is 238 g/mol. The molecule has 0 fully saturated rings. The number of aliphatic hydroxyl groups excluding tert-OH is 1. The van der Waals surface area contributed by atoms with Gasteiger partial charge in [0.2, 0.25) is 5.91 Å². The van der Waals surface area contributed by atoms with E-state index in [-0.39, 0.29) is 18.6 Å². The lowest BCUT2D eigenvalue weighted by atomic mass is 10.0. The number of carbonyl (C=O) groups is 1. The minimum Gasteiger partial charge on any atom is -0.394 e. The maximum absolute atomic E-state index is 11.6. The fourth-order valence-electron chi connectivity index (χ4n) is 1.90. The summed E-state index contributed by atoms with van der Waals surface area (Å²) in [6.07, 6.45) is 3.29. The van der Waals surface area contributed by atoms with Gasteiger partial charge in [-0.3, -0.25) is 4.79 Å². The van der Waals surface area contributed by atoms with Gasteiger partial charge in [-0.1, -0.05) is 42.5 Å². The summed E-state index contributed by atoms with van der Waals surface area (Å²) in [5, 5.41) is 13.8. The van der Waals surface area contributed by atoms with Crippen LogP contribution in [0.5, 0.6) is 0 Å². The maximum atomic E-state index is 11.6. The molecule has 98 valence electrons. The summed E-state index contributed by atoms with van der Waals surface area (Å²) in [5.41, 5.74) is 1.00. The van der Waals surface area contributed by atoms with Crippen molar-refractivity contribution < 1.29 is 9.90 Å². The molecule has 3 nitrogen and oxygen atoms in total. The summed E-state index contributed by atoms with van der Waals surface area (Å²) >= 11 is 0. The molecule has 2 rings (SSSR count). The van der Waals surface area contributed by atoms with Crippen LogP contribution in [0.4, 0.5) is 0 Å². The van der Waals surface area contributed by atoms with Gasteiger partial charge in [0.1, 0.15) is 0 Å². The molecule has 0 aliphatic rings. The van der Waals surface area contributed by atoms with E-state index in [0.717, 1.165) is 16.3 Å². The number of aliphatic hydroxyl groups is 1. The van der Waals surface area contributed by atoms with Crippen LogP contribution in [0.15, 0.2) is 48.5 Å². The molecule has 2 N–H and O–H groups in total. The summed E-state index contributed by atoms with van der Waals surface area (Å²) < 4.78 is 0. The normalized spacial score (nSPS) is 12.7. The smallest absolute Gasteiger partial charge is 0.244 e. The van der Waals surface area contributed by atoms with Crippen LogP contribution in [0.1, 0.15) is 12.5 Å². The number of amides is 1. The monoisotopic (exact) mass is 255 g/mol. The fourth-order valence-corrected chi connectivity index (χ4v) is 1.90. The Morgan fingerprint density at radius 2 is 2.00 bits per heavy atom. The maximum Gasteiger partial charge on any atom is 0.244 e. The Morgan fingerprint density at radius 1 is 1.26 bits per heavy atom. The molecule has 0 heterocycles. The van der Waals surface area contributed by atoms with Gasteiger partial charge in [-0.2, -0.15) is 0 Å². The summed E-state index contributed by atoms with van der Waals surface area (Å²) in [5.74, 6) is -0.200. The Kier molecular flexibility index (Phi) is 4.31. The first kappa shape index (κ1) is 13.3. The summed E-state index contributed by atoms with van der Waals surface area (Å²) in [4.78, 5) is 11.6. The highest BCUT2D eigenvalue weighted by Gasteiger charge is 2.02. The van der Waals surface area contributed by atoms with E-state index in [9.17, 15) is 4.79 Å². The number of carbonyl (C=O) groups excluding carboxylic acids is 1. The summed E-state index contributed by atoms with van der Waals surface area (Å²) in [6.45, 7) is 1.69. The van der Waals surface area contributed by atoms with Crippen LogP contribution >= 0.6 is 0 Å². The third-order valence-electron chi connectivity index (χ3n) is 2.90. The van der Waals surface area contributed by atoms with E-state index in [1.165, 1.54) is 6.08 Å². The summed E-state index contributed by atoms with van der Waals surface area (Å²) in [6, 6.07) is 13.8. The number of fused-ring (bicyclic) bond motifs is 1. The molecule has 0 bridgehead atoms. The van der Waals surface area contributed by atoms with Crippen molar-refractivity contribution in [1.82, 2.24) is 5.32 Å². The lowest BCUT2D eigenvalue weighted by molar-refractivity contribution is -0.117. The van der Waals surface area contributed by atoms with Gasteiger partial charge >= 0.3 is 0 Å². The molecule has 19 heavy (non-hydrogen) atoms. The van der Waals surface area contributed by atoms with Crippen molar-refractivity contribution >= 4 is 22.8 Å². The van der Waals surface area contributed by atoms with E-state index in [0.29, 0.717) is 0 Å². The number of hydrogen-bond acceptors (Lipinski definition) is 2. The van der Waals surface area contributed by atoms with Crippen LogP contribution in [0, 0.1) is 0 Å². The zero-order valence-corrected chi connectivity index (χ0v) is 10.8.